The van der Waals surface area contributed by atoms with Gasteiger partial charge in [0, 0.05) is 30.4 Å². The molecular formula is C94H65IrN4. The van der Waals surface area contributed by atoms with E-state index in [2.05, 4.69) is 316 Å². The Morgan fingerprint density at radius 2 is 0.606 bits per heavy atom. The van der Waals surface area contributed by atoms with Crippen molar-refractivity contribution in [3.05, 3.63) is 401 Å². The molecule has 4 nitrogen and oxygen atoms in total. The molecule has 0 saturated carbocycles. The van der Waals surface area contributed by atoms with Crippen molar-refractivity contribution in [2.24, 2.45) is 0 Å². The third-order valence-electron chi connectivity index (χ3n) is 18.3. The van der Waals surface area contributed by atoms with Crippen LogP contribution in [0.4, 0.5) is 0 Å². The van der Waals surface area contributed by atoms with Crippen molar-refractivity contribution in [1.29, 1.82) is 0 Å². The van der Waals surface area contributed by atoms with Gasteiger partial charge in [0.25, 0.3) is 0 Å². The average Bonchev–Trinajstić information content (AvgIpc) is 1.64. The van der Waals surface area contributed by atoms with Gasteiger partial charge in [-0.05, 0) is 167 Å². The molecule has 4 aromatic heterocycles. The second kappa shape index (κ2) is 29.5. The van der Waals surface area contributed by atoms with E-state index in [4.69, 9.17) is 19.9 Å². The van der Waals surface area contributed by atoms with Crippen LogP contribution in [0, 0.1) is 19.6 Å². The van der Waals surface area contributed by atoms with Gasteiger partial charge in [0.1, 0.15) is 0 Å². The minimum absolute atomic E-state index is 0. The number of hydrogen-bond donors (Lipinski definition) is 0. The summed E-state index contributed by atoms with van der Waals surface area (Å²) in [7, 11) is 0. The molecule has 470 valence electrons. The van der Waals surface area contributed by atoms with Crippen molar-refractivity contribution in [2.75, 3.05) is 0 Å². The number of allylic oxidation sites excluding steroid dienone is 6. The largest absolute Gasteiger partial charge is 3.00 e. The predicted molar refractivity (Wildman–Crippen MR) is 408 cm³/mol. The molecule has 0 spiro atoms. The Balaban J connectivity index is 0.00000418. The topological polar surface area (TPSA) is 51.6 Å². The summed E-state index contributed by atoms with van der Waals surface area (Å²) in [5.41, 5.74) is 31.5. The van der Waals surface area contributed by atoms with Crippen molar-refractivity contribution in [1.82, 2.24) is 19.9 Å². The number of nitrogens with zero attached hydrogens (tertiary/aromatic N) is 4. The van der Waals surface area contributed by atoms with E-state index in [0.717, 1.165) is 167 Å². The molecule has 16 rings (SSSR count). The summed E-state index contributed by atoms with van der Waals surface area (Å²) in [6.07, 6.45) is 15.5. The molecule has 0 fully saturated rings. The van der Waals surface area contributed by atoms with Gasteiger partial charge in [-0.2, -0.15) is 0 Å². The second-order valence-corrected chi connectivity index (χ2v) is 24.2. The zero-order valence-corrected chi connectivity index (χ0v) is 56.9. The van der Waals surface area contributed by atoms with Crippen molar-refractivity contribution in [3.63, 3.8) is 0 Å². The van der Waals surface area contributed by atoms with Gasteiger partial charge in [-0.1, -0.05) is 294 Å². The first-order valence-electron chi connectivity index (χ1n) is 32.9. The molecule has 4 heterocycles. The Hall–Kier alpha value is -12.1. The fourth-order valence-corrected chi connectivity index (χ4v) is 13.5. The molecule has 0 aliphatic heterocycles. The zero-order valence-electron chi connectivity index (χ0n) is 54.5. The Morgan fingerprint density at radius 1 is 0.242 bits per heavy atom. The summed E-state index contributed by atoms with van der Waals surface area (Å²) in [5, 5.41) is 0. The van der Waals surface area contributed by atoms with E-state index in [1.807, 2.05) is 61.1 Å². The summed E-state index contributed by atoms with van der Waals surface area (Å²) in [6.45, 7) is 0. The van der Waals surface area contributed by atoms with Crippen molar-refractivity contribution >= 4 is 16.7 Å². The molecule has 1 aliphatic rings. The van der Waals surface area contributed by atoms with E-state index in [0.29, 0.717) is 6.42 Å². The Labute approximate surface area is 593 Å². The standard InChI is InChI=1S/C93H62N4.CH3.Ir/c1-4-25-64(26-5-1)67-31-22-34-70(55-67)86-60-75(90-43-16-19-52-94-90)48-50-84(86)81-40-13-10-37-78(81)73-46-47-74(79-38-11-15-42-83(79)89-63-97-93(92-45-18-21-54-96-92)62-88(89)72-36-24-33-69(57-72)66-29-8-3-9-30-66)59-77(58-73)80-39-12-14-41-82(80)85-51-49-76(91-44-17-20-53-95-91)61-87(85)71-35-23-32-68(56-71)65-27-6-2-7-28-65;;/h1-46,50-63H,47H2;1H3;/q-2;-1;+3. The third kappa shape index (κ3) is 13.6. The summed E-state index contributed by atoms with van der Waals surface area (Å²) >= 11 is 0. The predicted octanol–water partition coefficient (Wildman–Crippen LogP) is 24.3. The van der Waals surface area contributed by atoms with Crippen LogP contribution < -0.4 is 0 Å². The average molecular weight is 1440 g/mol. The Bertz CT molecular complexity index is 5450. The molecule has 0 saturated heterocycles. The van der Waals surface area contributed by atoms with Crippen LogP contribution in [0.25, 0.3) is 151 Å². The van der Waals surface area contributed by atoms with Crippen LogP contribution in [0.15, 0.2) is 365 Å². The van der Waals surface area contributed by atoms with E-state index in [1.165, 1.54) is 0 Å². The zero-order chi connectivity index (χ0) is 64.7. The summed E-state index contributed by atoms with van der Waals surface area (Å²) in [6, 6.07) is 122. The fourth-order valence-electron chi connectivity index (χ4n) is 13.5. The van der Waals surface area contributed by atoms with E-state index < -0.39 is 0 Å². The minimum Gasteiger partial charge on any atom is -0.358 e. The second-order valence-electron chi connectivity index (χ2n) is 24.2. The van der Waals surface area contributed by atoms with Gasteiger partial charge < -0.3 is 17.4 Å². The number of benzene rings is 11. The van der Waals surface area contributed by atoms with Gasteiger partial charge in [-0.15, -0.1) is 47.5 Å². The molecule has 99 heavy (non-hydrogen) atoms. The first kappa shape index (κ1) is 64.2. The fraction of sp³-hybridized carbons (Fsp3) is 0.0106. The molecule has 0 atom stereocenters. The third-order valence-corrected chi connectivity index (χ3v) is 18.3. The summed E-state index contributed by atoms with van der Waals surface area (Å²) in [4.78, 5) is 19.7. The van der Waals surface area contributed by atoms with Crippen LogP contribution in [0.5, 0.6) is 0 Å². The molecule has 5 heteroatoms. The maximum Gasteiger partial charge on any atom is 3.00 e. The van der Waals surface area contributed by atoms with E-state index in [9.17, 15) is 0 Å². The molecule has 0 bridgehead atoms. The van der Waals surface area contributed by atoms with Crippen molar-refractivity contribution in [3.8, 4) is 134 Å². The molecule has 11 aromatic carbocycles. The molecule has 1 aliphatic carbocycles. The van der Waals surface area contributed by atoms with Gasteiger partial charge >= 0.3 is 20.1 Å². The van der Waals surface area contributed by atoms with Crippen LogP contribution in [-0.4, -0.2) is 19.9 Å². The SMILES string of the molecule is [CH3-].[Ir+3].[c-]1cc(-c2ccccc2C2=CCC(c3ccccc3-c3cnc(-c4ccccn4)cc3-c3cccc(-c4ccccc4)c3)=CC(c3ccccc3-c3c[c-]c(-c4ccccn4)cc3-c3cccc(-c4ccccc4)c3)=C2)c(-c2cccc(-c3ccccc3)c2)cc1-c1ccccn1. The Morgan fingerprint density at radius 3 is 1.05 bits per heavy atom. The molecular weight excluding hydrogens is 1380 g/mol. The van der Waals surface area contributed by atoms with Crippen LogP contribution in [0.2, 0.25) is 0 Å². The first-order chi connectivity index (χ1) is 48.1. The maximum atomic E-state index is 5.23. The van der Waals surface area contributed by atoms with Gasteiger partial charge in [-0.3, -0.25) is 9.97 Å². The Kier molecular flexibility index (Phi) is 19.1. The van der Waals surface area contributed by atoms with Gasteiger partial charge in [0.15, 0.2) is 0 Å². The van der Waals surface area contributed by atoms with Crippen LogP contribution in [0.1, 0.15) is 23.1 Å². The van der Waals surface area contributed by atoms with Crippen molar-refractivity contribution < 1.29 is 20.1 Å². The summed E-state index contributed by atoms with van der Waals surface area (Å²) in [5.74, 6) is 0. The normalized spacial score (nSPS) is 11.8. The monoisotopic (exact) mass is 1440 g/mol. The first-order valence-corrected chi connectivity index (χ1v) is 32.9. The molecule has 0 radical (unpaired) electrons. The van der Waals surface area contributed by atoms with Gasteiger partial charge in [0.2, 0.25) is 0 Å². The minimum atomic E-state index is 0. The quantitative estimate of drug-likeness (QED) is 0.0960. The van der Waals surface area contributed by atoms with Crippen LogP contribution >= 0.6 is 0 Å². The molecule has 0 N–H and O–H groups in total. The van der Waals surface area contributed by atoms with E-state index in [-0.39, 0.29) is 27.5 Å². The maximum absolute atomic E-state index is 5.23. The number of pyridine rings is 4. The van der Waals surface area contributed by atoms with Crippen molar-refractivity contribution in [2.45, 2.75) is 6.42 Å². The van der Waals surface area contributed by atoms with Gasteiger partial charge in [-0.25, -0.2) is 0 Å². The molecule has 0 unspecified atom stereocenters. The van der Waals surface area contributed by atoms with Crippen LogP contribution in [-0.2, 0) is 20.1 Å². The number of hydrogen-bond acceptors (Lipinski definition) is 4. The smallest absolute Gasteiger partial charge is 0.358 e. The van der Waals surface area contributed by atoms with E-state index >= 15 is 0 Å². The van der Waals surface area contributed by atoms with Crippen LogP contribution in [0.3, 0.4) is 0 Å². The number of aromatic nitrogens is 4. The summed E-state index contributed by atoms with van der Waals surface area (Å²) < 4.78 is 0. The molecule has 15 aromatic rings. The van der Waals surface area contributed by atoms with Gasteiger partial charge in [0.05, 0.1) is 11.4 Å². The molecule has 0 amide bonds. The van der Waals surface area contributed by atoms with E-state index in [1.54, 1.807) is 0 Å². The number of rotatable bonds is 15.